The van der Waals surface area contributed by atoms with Gasteiger partial charge in [0.05, 0.1) is 0 Å². The Hall–Kier alpha value is -3.55. The number of ether oxygens (including phenoxy) is 1. The molecule has 0 aliphatic carbocycles. The average molecular weight is 568 g/mol. The SMILES string of the molecule is CCCCCN(C(=O)C(Cc1ccc(O)cc1)NC(=O)OC(C)(C)C)C(C(=O)NC(C)(C)C)c1cccc(C)c1C. The van der Waals surface area contributed by atoms with Crippen LogP contribution in [0.5, 0.6) is 5.75 Å². The third-order valence-corrected chi connectivity index (χ3v) is 6.65. The molecule has 0 saturated carbocycles. The predicted octanol–water partition coefficient (Wildman–Crippen LogP) is 6.12. The number of hydrogen-bond donors (Lipinski definition) is 3. The summed E-state index contributed by atoms with van der Waals surface area (Å²) >= 11 is 0. The van der Waals surface area contributed by atoms with Crippen LogP contribution in [0.25, 0.3) is 0 Å². The van der Waals surface area contributed by atoms with Crippen LogP contribution >= 0.6 is 0 Å². The number of phenols is 1. The summed E-state index contributed by atoms with van der Waals surface area (Å²) in [5.41, 5.74) is 2.16. The Labute approximate surface area is 245 Å². The number of nitrogens with one attached hydrogen (secondary N) is 2. The highest BCUT2D eigenvalue weighted by Gasteiger charge is 2.38. The fourth-order valence-electron chi connectivity index (χ4n) is 4.58. The number of amides is 3. The molecule has 41 heavy (non-hydrogen) atoms. The van der Waals surface area contributed by atoms with Crippen LogP contribution in [0.15, 0.2) is 42.5 Å². The molecule has 2 aromatic carbocycles. The van der Waals surface area contributed by atoms with E-state index in [4.69, 9.17) is 4.74 Å². The molecule has 0 aliphatic rings. The first-order chi connectivity index (χ1) is 19.0. The lowest BCUT2D eigenvalue weighted by atomic mass is 9.93. The maximum absolute atomic E-state index is 14.5. The number of nitrogens with zero attached hydrogens (tertiary/aromatic N) is 1. The van der Waals surface area contributed by atoms with E-state index in [1.165, 1.54) is 0 Å². The largest absolute Gasteiger partial charge is 0.508 e. The van der Waals surface area contributed by atoms with Crippen molar-refractivity contribution in [2.24, 2.45) is 0 Å². The second kappa shape index (κ2) is 14.4. The van der Waals surface area contributed by atoms with Crippen LogP contribution in [0.1, 0.15) is 96.0 Å². The number of rotatable bonds is 11. The van der Waals surface area contributed by atoms with Gasteiger partial charge in [0.25, 0.3) is 0 Å². The van der Waals surface area contributed by atoms with E-state index in [-0.39, 0.29) is 24.0 Å². The van der Waals surface area contributed by atoms with Gasteiger partial charge in [0, 0.05) is 18.5 Å². The van der Waals surface area contributed by atoms with Gasteiger partial charge in [0.15, 0.2) is 0 Å². The highest BCUT2D eigenvalue weighted by molar-refractivity contribution is 5.92. The van der Waals surface area contributed by atoms with E-state index in [0.717, 1.165) is 35.1 Å². The molecular weight excluding hydrogens is 518 g/mol. The first kappa shape index (κ1) is 33.7. The maximum Gasteiger partial charge on any atom is 0.408 e. The van der Waals surface area contributed by atoms with Gasteiger partial charge in [-0.3, -0.25) is 9.59 Å². The molecule has 226 valence electrons. The van der Waals surface area contributed by atoms with Gasteiger partial charge in [0.1, 0.15) is 23.4 Å². The second-order valence-electron chi connectivity index (χ2n) is 12.7. The third kappa shape index (κ3) is 10.7. The Morgan fingerprint density at radius 2 is 1.59 bits per heavy atom. The Balaban J connectivity index is 2.64. The van der Waals surface area contributed by atoms with Crippen molar-refractivity contribution in [3.8, 4) is 5.75 Å². The lowest BCUT2D eigenvalue weighted by molar-refractivity contribution is -0.143. The van der Waals surface area contributed by atoms with E-state index in [1.54, 1.807) is 49.9 Å². The molecule has 2 unspecified atom stereocenters. The molecule has 2 rings (SSSR count). The highest BCUT2D eigenvalue weighted by atomic mass is 16.6. The summed E-state index contributed by atoms with van der Waals surface area (Å²) in [6.07, 6.45) is 1.96. The number of hydrogen-bond acceptors (Lipinski definition) is 5. The second-order valence-corrected chi connectivity index (χ2v) is 12.7. The normalized spacial score (nSPS) is 13.2. The molecule has 2 atom stereocenters. The van der Waals surface area contributed by atoms with Crippen molar-refractivity contribution >= 4 is 17.9 Å². The fourth-order valence-corrected chi connectivity index (χ4v) is 4.58. The molecule has 3 N–H and O–H groups in total. The number of carbonyl (C=O) groups is 3. The quantitative estimate of drug-likeness (QED) is 0.284. The molecule has 8 nitrogen and oxygen atoms in total. The van der Waals surface area contributed by atoms with Gasteiger partial charge in [0.2, 0.25) is 11.8 Å². The predicted molar refractivity (Wildman–Crippen MR) is 163 cm³/mol. The molecule has 0 bridgehead atoms. The average Bonchev–Trinajstić information content (AvgIpc) is 2.84. The number of benzene rings is 2. The standard InChI is InChI=1S/C33H49N3O5/c1-10-11-12-20-36(28(29(38)35-32(4,5)6)26-15-13-14-22(2)23(26)3)30(39)27(34-31(40)41-33(7,8)9)21-24-16-18-25(37)19-17-24/h13-19,27-28,37H,10-12,20-21H2,1-9H3,(H,34,40)(H,35,38). The van der Waals surface area contributed by atoms with Crippen LogP contribution in [-0.2, 0) is 20.7 Å². The smallest absolute Gasteiger partial charge is 0.408 e. The van der Waals surface area contributed by atoms with Crippen molar-refractivity contribution in [3.05, 3.63) is 64.7 Å². The van der Waals surface area contributed by atoms with Crippen LogP contribution in [0.3, 0.4) is 0 Å². The monoisotopic (exact) mass is 567 g/mol. The summed E-state index contributed by atoms with van der Waals surface area (Å²) in [7, 11) is 0. The van der Waals surface area contributed by atoms with Gasteiger partial charge >= 0.3 is 6.09 Å². The van der Waals surface area contributed by atoms with Gasteiger partial charge in [-0.15, -0.1) is 0 Å². The summed E-state index contributed by atoms with van der Waals surface area (Å²) in [4.78, 5) is 43.1. The molecule has 0 spiro atoms. The highest BCUT2D eigenvalue weighted by Crippen LogP contribution is 2.29. The van der Waals surface area contributed by atoms with Crippen molar-refractivity contribution in [3.63, 3.8) is 0 Å². The number of alkyl carbamates (subject to hydrolysis) is 1. The van der Waals surface area contributed by atoms with Crippen LogP contribution in [0.4, 0.5) is 4.79 Å². The Morgan fingerprint density at radius 1 is 0.951 bits per heavy atom. The van der Waals surface area contributed by atoms with Crippen molar-refractivity contribution < 1.29 is 24.2 Å². The summed E-state index contributed by atoms with van der Waals surface area (Å²) in [6, 6.07) is 10.4. The van der Waals surface area contributed by atoms with Crippen molar-refractivity contribution in [1.29, 1.82) is 0 Å². The minimum Gasteiger partial charge on any atom is -0.508 e. The fraction of sp³-hybridized carbons (Fsp3) is 0.545. The molecule has 0 saturated heterocycles. The number of aromatic hydroxyl groups is 1. The topological polar surface area (TPSA) is 108 Å². The zero-order valence-electron chi connectivity index (χ0n) is 26.3. The molecule has 8 heteroatoms. The van der Waals surface area contributed by atoms with E-state index in [0.29, 0.717) is 13.0 Å². The molecule has 0 fully saturated rings. The van der Waals surface area contributed by atoms with E-state index in [9.17, 15) is 19.5 Å². The number of unbranched alkanes of at least 4 members (excludes halogenated alkanes) is 2. The van der Waals surface area contributed by atoms with Gasteiger partial charge in [-0.05, 0) is 96.2 Å². The Bertz CT molecular complexity index is 1180. The maximum atomic E-state index is 14.5. The molecular formula is C33H49N3O5. The third-order valence-electron chi connectivity index (χ3n) is 6.65. The number of aryl methyl sites for hydroxylation is 1. The van der Waals surface area contributed by atoms with Gasteiger partial charge < -0.3 is 25.4 Å². The number of phenolic OH excluding ortho intramolecular Hbond substituents is 1. The molecule has 0 aromatic heterocycles. The summed E-state index contributed by atoms with van der Waals surface area (Å²) in [6.45, 7) is 17.4. The van der Waals surface area contributed by atoms with Gasteiger partial charge in [-0.1, -0.05) is 50.1 Å². The number of carbonyl (C=O) groups excluding carboxylic acids is 3. The van der Waals surface area contributed by atoms with Crippen LogP contribution in [0, 0.1) is 13.8 Å². The van der Waals surface area contributed by atoms with E-state index in [2.05, 4.69) is 17.6 Å². The zero-order chi connectivity index (χ0) is 31.0. The van der Waals surface area contributed by atoms with Crippen LogP contribution < -0.4 is 10.6 Å². The molecule has 3 amide bonds. The summed E-state index contributed by atoms with van der Waals surface area (Å²) in [5, 5.41) is 15.6. The zero-order valence-corrected chi connectivity index (χ0v) is 26.3. The first-order valence-corrected chi connectivity index (χ1v) is 14.5. The van der Waals surface area contributed by atoms with E-state index >= 15 is 0 Å². The summed E-state index contributed by atoms with van der Waals surface area (Å²) < 4.78 is 5.51. The molecule has 0 heterocycles. The lowest BCUT2D eigenvalue weighted by Gasteiger charge is -2.37. The van der Waals surface area contributed by atoms with E-state index in [1.807, 2.05) is 52.8 Å². The van der Waals surface area contributed by atoms with Crippen molar-refractivity contribution in [2.45, 2.75) is 111 Å². The van der Waals surface area contributed by atoms with Crippen molar-refractivity contribution in [1.82, 2.24) is 15.5 Å². The summed E-state index contributed by atoms with van der Waals surface area (Å²) in [5.74, 6) is -0.557. The molecule has 0 radical (unpaired) electrons. The minimum atomic E-state index is -1.01. The lowest BCUT2D eigenvalue weighted by Crippen LogP contribution is -2.55. The van der Waals surface area contributed by atoms with Crippen LogP contribution in [0.2, 0.25) is 0 Å². The van der Waals surface area contributed by atoms with Crippen LogP contribution in [-0.4, -0.2) is 51.6 Å². The minimum absolute atomic E-state index is 0.103. The Morgan fingerprint density at radius 3 is 2.15 bits per heavy atom. The van der Waals surface area contributed by atoms with E-state index < -0.39 is 29.3 Å². The van der Waals surface area contributed by atoms with Crippen molar-refractivity contribution in [2.75, 3.05) is 6.54 Å². The molecule has 2 aromatic rings. The molecule has 0 aliphatic heterocycles. The van der Waals surface area contributed by atoms with Gasteiger partial charge in [-0.2, -0.15) is 0 Å². The van der Waals surface area contributed by atoms with Gasteiger partial charge in [-0.25, -0.2) is 4.79 Å². The Kier molecular flexibility index (Phi) is 11.8. The first-order valence-electron chi connectivity index (χ1n) is 14.5.